The van der Waals surface area contributed by atoms with Gasteiger partial charge in [-0.3, -0.25) is 0 Å². The molecule has 2 fully saturated rings. The molecule has 3 aromatic rings. The van der Waals surface area contributed by atoms with Crippen LogP contribution >= 0.6 is 0 Å². The lowest BCUT2D eigenvalue weighted by Gasteiger charge is -2.32. The number of hydrogen-bond acceptors (Lipinski definition) is 4. The Morgan fingerprint density at radius 3 is 2.28 bits per heavy atom. The lowest BCUT2D eigenvalue weighted by molar-refractivity contribution is 0.00578. The molecule has 0 amide bonds. The minimum absolute atomic E-state index is 0.119. The molecule has 3 aliphatic rings. The molecule has 2 heterocycles. The lowest BCUT2D eigenvalue weighted by atomic mass is 9.74. The standard InChI is InChI=1S/C30H38BN3O2/c1-28(2)23-15-18(26-17-33-27(34-26)22-9-8-10-25(22)32-7)11-13-20(23)21-14-12-19(16-24(21)28)31-35-29(3,4)30(5,6)36-31/h11-17,22,25,32H,8-10H2,1-7H3,(H,33,34)/t22-,25-/m0/s1. The molecule has 0 spiro atoms. The molecule has 2 N–H and O–H groups in total. The second-order valence-electron chi connectivity index (χ2n) is 12.4. The van der Waals surface area contributed by atoms with E-state index in [0.717, 1.165) is 17.0 Å². The Labute approximate surface area is 215 Å². The van der Waals surface area contributed by atoms with Crippen molar-refractivity contribution < 1.29 is 9.31 Å². The number of rotatable bonds is 4. The fraction of sp³-hybridized carbons (Fsp3) is 0.500. The molecule has 1 aromatic heterocycles. The second kappa shape index (κ2) is 8.05. The predicted molar refractivity (Wildman–Crippen MR) is 147 cm³/mol. The molecule has 0 unspecified atom stereocenters. The first kappa shape index (κ1) is 24.0. The van der Waals surface area contributed by atoms with Crippen LogP contribution in [0.15, 0.2) is 42.6 Å². The Balaban J connectivity index is 1.32. The molecule has 5 nitrogen and oxygen atoms in total. The maximum atomic E-state index is 6.35. The fourth-order valence-corrected chi connectivity index (χ4v) is 6.35. The highest BCUT2D eigenvalue weighted by atomic mass is 16.7. The van der Waals surface area contributed by atoms with Crippen molar-refractivity contribution in [1.82, 2.24) is 15.3 Å². The zero-order chi connectivity index (χ0) is 25.5. The molecular formula is C30H38BN3O2. The third kappa shape index (κ3) is 3.53. The number of hydrogen-bond donors (Lipinski definition) is 2. The maximum Gasteiger partial charge on any atom is 0.494 e. The van der Waals surface area contributed by atoms with Gasteiger partial charge in [0.25, 0.3) is 0 Å². The molecule has 188 valence electrons. The molecule has 36 heavy (non-hydrogen) atoms. The molecule has 6 heteroatoms. The summed E-state index contributed by atoms with van der Waals surface area (Å²) in [4.78, 5) is 8.45. The van der Waals surface area contributed by atoms with Crippen LogP contribution < -0.4 is 10.8 Å². The van der Waals surface area contributed by atoms with E-state index in [1.54, 1.807) is 0 Å². The highest BCUT2D eigenvalue weighted by molar-refractivity contribution is 6.62. The lowest BCUT2D eigenvalue weighted by Crippen LogP contribution is -2.41. The number of fused-ring (bicyclic) bond motifs is 3. The fourth-order valence-electron chi connectivity index (χ4n) is 6.35. The SMILES string of the molecule is CN[C@H]1CCC[C@@H]1c1ncc(-c2ccc3c(c2)C(C)(C)c2cc(B4OC(C)(C)C(C)(C)O4)ccc2-3)[nH]1. The van der Waals surface area contributed by atoms with Gasteiger partial charge in [-0.05, 0) is 86.9 Å². The van der Waals surface area contributed by atoms with Crippen molar-refractivity contribution in [3.8, 4) is 22.4 Å². The number of aromatic amines is 1. The molecule has 1 aliphatic heterocycles. The van der Waals surface area contributed by atoms with Crippen molar-refractivity contribution in [1.29, 1.82) is 0 Å². The van der Waals surface area contributed by atoms with Crippen molar-refractivity contribution in [2.75, 3.05) is 7.05 Å². The van der Waals surface area contributed by atoms with Gasteiger partial charge in [0.2, 0.25) is 0 Å². The first-order valence-corrected chi connectivity index (χ1v) is 13.4. The zero-order valence-corrected chi connectivity index (χ0v) is 22.7. The van der Waals surface area contributed by atoms with Crippen LogP contribution in [-0.4, -0.2) is 41.4 Å². The smallest absolute Gasteiger partial charge is 0.399 e. The zero-order valence-electron chi connectivity index (χ0n) is 22.7. The van der Waals surface area contributed by atoms with Crippen LogP contribution in [0.5, 0.6) is 0 Å². The molecule has 1 saturated carbocycles. The van der Waals surface area contributed by atoms with Gasteiger partial charge in [0, 0.05) is 17.4 Å². The summed E-state index contributed by atoms with van der Waals surface area (Å²) in [6.45, 7) is 13.1. The van der Waals surface area contributed by atoms with Crippen LogP contribution in [0.1, 0.15) is 83.7 Å². The number of likely N-dealkylation sites (N-methyl/N-ethyl adjacent to an activating group) is 1. The number of benzene rings is 2. The van der Waals surface area contributed by atoms with E-state index < -0.39 is 0 Å². The van der Waals surface area contributed by atoms with Gasteiger partial charge in [-0.15, -0.1) is 0 Å². The first-order valence-electron chi connectivity index (χ1n) is 13.4. The summed E-state index contributed by atoms with van der Waals surface area (Å²) >= 11 is 0. The van der Waals surface area contributed by atoms with E-state index in [1.165, 1.54) is 47.1 Å². The first-order chi connectivity index (χ1) is 17.0. The highest BCUT2D eigenvalue weighted by Crippen LogP contribution is 2.49. The summed E-state index contributed by atoms with van der Waals surface area (Å²) in [7, 11) is 1.71. The van der Waals surface area contributed by atoms with Crippen molar-refractivity contribution >= 4 is 12.6 Å². The number of nitrogens with one attached hydrogen (secondary N) is 2. The van der Waals surface area contributed by atoms with Gasteiger partial charge in [0.05, 0.1) is 23.1 Å². The van der Waals surface area contributed by atoms with Crippen molar-refractivity contribution in [2.24, 2.45) is 0 Å². The molecule has 2 atom stereocenters. The summed E-state index contributed by atoms with van der Waals surface area (Å²) in [5, 5.41) is 3.47. The summed E-state index contributed by atoms with van der Waals surface area (Å²) in [6.07, 6.45) is 5.67. The van der Waals surface area contributed by atoms with Gasteiger partial charge in [-0.25, -0.2) is 4.98 Å². The molecule has 0 radical (unpaired) electrons. The van der Waals surface area contributed by atoms with E-state index >= 15 is 0 Å². The topological polar surface area (TPSA) is 59.2 Å². The van der Waals surface area contributed by atoms with E-state index in [2.05, 4.69) is 95.3 Å². The van der Waals surface area contributed by atoms with Gasteiger partial charge in [-0.1, -0.05) is 50.6 Å². The summed E-state index contributed by atoms with van der Waals surface area (Å²) < 4.78 is 12.7. The van der Waals surface area contributed by atoms with Gasteiger partial charge in [-0.2, -0.15) is 0 Å². The number of imidazole rings is 1. The Bertz CT molecular complexity index is 1310. The van der Waals surface area contributed by atoms with Gasteiger partial charge < -0.3 is 19.6 Å². The van der Waals surface area contributed by atoms with Crippen molar-refractivity contribution in [3.63, 3.8) is 0 Å². The van der Waals surface area contributed by atoms with Crippen LogP contribution in [-0.2, 0) is 14.7 Å². The Kier molecular flexibility index (Phi) is 5.35. The Hall–Kier alpha value is -2.41. The summed E-state index contributed by atoms with van der Waals surface area (Å²) in [6, 6.07) is 14.1. The van der Waals surface area contributed by atoms with Crippen LogP contribution in [0.4, 0.5) is 0 Å². The third-order valence-electron chi connectivity index (χ3n) is 9.37. The van der Waals surface area contributed by atoms with E-state index in [4.69, 9.17) is 14.3 Å². The van der Waals surface area contributed by atoms with Gasteiger partial charge in [0.1, 0.15) is 5.82 Å². The number of aromatic nitrogens is 2. The average molecular weight is 483 g/mol. The summed E-state index contributed by atoms with van der Waals surface area (Å²) in [5.74, 6) is 1.57. The van der Waals surface area contributed by atoms with Crippen LogP contribution in [0.3, 0.4) is 0 Å². The van der Waals surface area contributed by atoms with Crippen molar-refractivity contribution in [3.05, 3.63) is 59.5 Å². The minimum atomic E-state index is -0.351. The van der Waals surface area contributed by atoms with Crippen LogP contribution in [0, 0.1) is 0 Å². The average Bonchev–Trinajstić information content (AvgIpc) is 3.59. The van der Waals surface area contributed by atoms with Crippen molar-refractivity contribution in [2.45, 2.75) is 89.4 Å². The van der Waals surface area contributed by atoms with Gasteiger partial charge in [0.15, 0.2) is 0 Å². The predicted octanol–water partition coefficient (Wildman–Crippen LogP) is 5.54. The third-order valence-corrected chi connectivity index (χ3v) is 9.37. The Morgan fingerprint density at radius 2 is 1.58 bits per heavy atom. The highest BCUT2D eigenvalue weighted by Gasteiger charge is 2.52. The molecule has 6 rings (SSSR count). The quantitative estimate of drug-likeness (QED) is 0.479. The second-order valence-corrected chi connectivity index (χ2v) is 12.4. The normalized spacial score (nSPS) is 25.2. The van der Waals surface area contributed by atoms with E-state index in [-0.39, 0.29) is 23.7 Å². The molecule has 2 aliphatic carbocycles. The largest absolute Gasteiger partial charge is 0.494 e. The van der Waals surface area contributed by atoms with Crippen LogP contribution in [0.25, 0.3) is 22.4 Å². The summed E-state index contributed by atoms with van der Waals surface area (Å²) in [5.41, 5.74) is 7.85. The van der Waals surface area contributed by atoms with E-state index in [9.17, 15) is 0 Å². The van der Waals surface area contributed by atoms with E-state index in [0.29, 0.717) is 12.0 Å². The maximum absolute atomic E-state index is 6.35. The number of H-pyrrole nitrogens is 1. The minimum Gasteiger partial charge on any atom is -0.399 e. The molecule has 2 aromatic carbocycles. The van der Waals surface area contributed by atoms with Gasteiger partial charge >= 0.3 is 7.12 Å². The number of nitrogens with zero attached hydrogens (tertiary/aromatic N) is 1. The van der Waals surface area contributed by atoms with E-state index in [1.807, 2.05) is 6.20 Å². The monoisotopic (exact) mass is 483 g/mol. The Morgan fingerprint density at radius 1 is 0.917 bits per heavy atom. The molecule has 0 bridgehead atoms. The molecular weight excluding hydrogens is 445 g/mol. The van der Waals surface area contributed by atoms with Crippen LogP contribution in [0.2, 0.25) is 0 Å². The molecule has 1 saturated heterocycles.